The largest absolute Gasteiger partial charge is 0.466 e. The molecular formula is C13H16O. The molecule has 0 amide bonds. The van der Waals surface area contributed by atoms with E-state index in [9.17, 15) is 0 Å². The fourth-order valence-electron chi connectivity index (χ4n) is 2.36. The number of ether oxygens (including phenoxy) is 1. The van der Waals surface area contributed by atoms with Crippen LogP contribution in [0.3, 0.4) is 0 Å². The number of fused-ring (bicyclic) bond motifs is 1. The molecule has 1 heteroatoms. The van der Waals surface area contributed by atoms with Crippen molar-refractivity contribution < 1.29 is 4.74 Å². The van der Waals surface area contributed by atoms with Crippen LogP contribution in [0.4, 0.5) is 0 Å². The van der Waals surface area contributed by atoms with E-state index >= 15 is 0 Å². The molecule has 0 spiro atoms. The highest BCUT2D eigenvalue weighted by Gasteiger charge is 2.41. The summed E-state index contributed by atoms with van der Waals surface area (Å²) in [6.45, 7) is 2.18. The Hall–Kier alpha value is -0.980. The average molecular weight is 188 g/mol. The summed E-state index contributed by atoms with van der Waals surface area (Å²) in [6, 6.07) is 0. The van der Waals surface area contributed by atoms with E-state index in [-0.39, 0.29) is 0 Å². The third-order valence-corrected chi connectivity index (χ3v) is 3.64. The van der Waals surface area contributed by atoms with Crippen molar-refractivity contribution in [1.29, 1.82) is 0 Å². The van der Waals surface area contributed by atoms with Crippen LogP contribution in [0.2, 0.25) is 0 Å². The van der Waals surface area contributed by atoms with Gasteiger partial charge in [0.1, 0.15) is 11.5 Å². The molecule has 0 bridgehead atoms. The molecule has 14 heavy (non-hydrogen) atoms. The van der Waals surface area contributed by atoms with Crippen molar-refractivity contribution in [3.05, 3.63) is 35.3 Å². The zero-order valence-electron chi connectivity index (χ0n) is 8.62. The van der Waals surface area contributed by atoms with Gasteiger partial charge < -0.3 is 4.74 Å². The molecule has 0 saturated heterocycles. The van der Waals surface area contributed by atoms with E-state index in [1.165, 1.54) is 24.2 Å². The molecule has 3 rings (SSSR count). The molecule has 0 aromatic rings. The van der Waals surface area contributed by atoms with Gasteiger partial charge in [0.15, 0.2) is 0 Å². The lowest BCUT2D eigenvalue weighted by Gasteiger charge is -2.44. The van der Waals surface area contributed by atoms with Gasteiger partial charge in [-0.25, -0.2) is 0 Å². The van der Waals surface area contributed by atoms with Gasteiger partial charge in [-0.3, -0.25) is 0 Å². The molecule has 1 fully saturated rings. The minimum Gasteiger partial charge on any atom is -0.466 e. The minimum absolute atomic E-state index is 0.780. The van der Waals surface area contributed by atoms with E-state index < -0.39 is 0 Å². The van der Waals surface area contributed by atoms with Crippen LogP contribution in [0, 0.1) is 11.8 Å². The Morgan fingerprint density at radius 2 is 2.14 bits per heavy atom. The fourth-order valence-corrected chi connectivity index (χ4v) is 2.36. The summed E-state index contributed by atoms with van der Waals surface area (Å²) in [5, 5.41) is 0. The van der Waals surface area contributed by atoms with Gasteiger partial charge in [-0.1, -0.05) is 11.6 Å². The number of allylic oxidation sites excluding steroid dienone is 6. The van der Waals surface area contributed by atoms with E-state index in [0.717, 1.165) is 30.4 Å². The summed E-state index contributed by atoms with van der Waals surface area (Å²) in [5.41, 5.74) is 1.46. The standard InChI is InChI=1S/C13H16O/c1-9-2-5-11(6-3-9)14-13-8-10-4-7-12(10)13/h2,5,8,10,12H,3-4,6-7H2,1H3/t10-,12?/m1/s1. The second-order valence-corrected chi connectivity index (χ2v) is 4.66. The normalized spacial score (nSPS) is 34.2. The van der Waals surface area contributed by atoms with E-state index in [0.29, 0.717) is 0 Å². The minimum atomic E-state index is 0.780. The average Bonchev–Trinajstić information content (AvgIpc) is 2.16. The van der Waals surface area contributed by atoms with E-state index in [1.54, 1.807) is 0 Å². The number of hydrogen-bond donors (Lipinski definition) is 0. The van der Waals surface area contributed by atoms with Crippen LogP contribution in [0.15, 0.2) is 35.3 Å². The lowest BCUT2D eigenvalue weighted by molar-refractivity contribution is 0.110. The van der Waals surface area contributed by atoms with Gasteiger partial charge in [0.25, 0.3) is 0 Å². The van der Waals surface area contributed by atoms with Crippen molar-refractivity contribution >= 4 is 0 Å². The fraction of sp³-hybridized carbons (Fsp3) is 0.538. The predicted molar refractivity (Wildman–Crippen MR) is 56.5 cm³/mol. The highest BCUT2D eigenvalue weighted by molar-refractivity contribution is 5.26. The van der Waals surface area contributed by atoms with Crippen molar-refractivity contribution in [2.24, 2.45) is 11.8 Å². The molecule has 3 aliphatic rings. The van der Waals surface area contributed by atoms with Crippen molar-refractivity contribution in [1.82, 2.24) is 0 Å². The topological polar surface area (TPSA) is 9.23 Å². The first kappa shape index (κ1) is 8.34. The summed E-state index contributed by atoms with van der Waals surface area (Å²) in [6.07, 6.45) is 11.6. The maximum atomic E-state index is 5.89. The molecule has 1 nitrogen and oxygen atoms in total. The quantitative estimate of drug-likeness (QED) is 0.644. The van der Waals surface area contributed by atoms with Crippen LogP contribution in [-0.4, -0.2) is 0 Å². The lowest BCUT2D eigenvalue weighted by atomic mass is 9.64. The maximum absolute atomic E-state index is 5.89. The summed E-state index contributed by atoms with van der Waals surface area (Å²) in [4.78, 5) is 0. The SMILES string of the molecule is CC1=CC=C(OC2=C[C@H]3CCC23)CC1. The van der Waals surface area contributed by atoms with Crippen molar-refractivity contribution in [2.45, 2.75) is 32.6 Å². The van der Waals surface area contributed by atoms with E-state index in [1.807, 2.05) is 0 Å². The Kier molecular flexibility index (Phi) is 1.79. The summed E-state index contributed by atoms with van der Waals surface area (Å²) in [7, 11) is 0. The van der Waals surface area contributed by atoms with Crippen molar-refractivity contribution in [3.63, 3.8) is 0 Å². The molecule has 0 radical (unpaired) electrons. The maximum Gasteiger partial charge on any atom is 0.104 e. The molecule has 0 aromatic carbocycles. The Labute approximate surface area is 85.1 Å². The van der Waals surface area contributed by atoms with Crippen LogP contribution in [0.25, 0.3) is 0 Å². The predicted octanol–water partition coefficient (Wildman–Crippen LogP) is 3.55. The molecule has 2 atom stereocenters. The van der Waals surface area contributed by atoms with Crippen LogP contribution in [0.1, 0.15) is 32.6 Å². The van der Waals surface area contributed by atoms with Crippen molar-refractivity contribution in [2.75, 3.05) is 0 Å². The molecule has 0 aromatic heterocycles. The number of rotatable bonds is 2. The summed E-state index contributed by atoms with van der Waals surface area (Å²) >= 11 is 0. The first-order valence-electron chi connectivity index (χ1n) is 5.59. The van der Waals surface area contributed by atoms with Gasteiger partial charge in [-0.15, -0.1) is 0 Å². The molecule has 0 aliphatic heterocycles. The molecule has 0 N–H and O–H groups in total. The Morgan fingerprint density at radius 1 is 1.21 bits per heavy atom. The molecule has 1 saturated carbocycles. The third kappa shape index (κ3) is 1.23. The second-order valence-electron chi connectivity index (χ2n) is 4.66. The highest BCUT2D eigenvalue weighted by atomic mass is 16.5. The van der Waals surface area contributed by atoms with Crippen molar-refractivity contribution in [3.8, 4) is 0 Å². The highest BCUT2D eigenvalue weighted by Crippen LogP contribution is 2.50. The molecular weight excluding hydrogens is 172 g/mol. The Bertz CT molecular complexity index is 346. The zero-order chi connectivity index (χ0) is 9.54. The first-order valence-corrected chi connectivity index (χ1v) is 5.59. The van der Waals surface area contributed by atoms with Crippen LogP contribution in [-0.2, 0) is 4.74 Å². The van der Waals surface area contributed by atoms with Gasteiger partial charge >= 0.3 is 0 Å². The molecule has 0 heterocycles. The van der Waals surface area contributed by atoms with Crippen LogP contribution >= 0.6 is 0 Å². The monoisotopic (exact) mass is 188 g/mol. The molecule has 74 valence electrons. The summed E-state index contributed by atoms with van der Waals surface area (Å²) < 4.78 is 5.89. The van der Waals surface area contributed by atoms with Gasteiger partial charge in [-0.05, 0) is 44.3 Å². The van der Waals surface area contributed by atoms with Crippen LogP contribution < -0.4 is 0 Å². The third-order valence-electron chi connectivity index (χ3n) is 3.64. The van der Waals surface area contributed by atoms with E-state index in [2.05, 4.69) is 25.2 Å². The van der Waals surface area contributed by atoms with E-state index in [4.69, 9.17) is 4.74 Å². The first-order chi connectivity index (χ1) is 6.83. The smallest absolute Gasteiger partial charge is 0.104 e. The Balaban J connectivity index is 1.66. The Morgan fingerprint density at radius 3 is 2.64 bits per heavy atom. The van der Waals surface area contributed by atoms with Gasteiger partial charge in [0.05, 0.1) is 0 Å². The van der Waals surface area contributed by atoms with Gasteiger partial charge in [0, 0.05) is 12.3 Å². The number of hydrogen-bond acceptors (Lipinski definition) is 1. The molecule has 3 aliphatic carbocycles. The zero-order valence-corrected chi connectivity index (χ0v) is 8.62. The summed E-state index contributed by atoms with van der Waals surface area (Å²) in [5.74, 6) is 4.06. The lowest BCUT2D eigenvalue weighted by Crippen LogP contribution is -2.35. The van der Waals surface area contributed by atoms with Crippen LogP contribution in [0.5, 0.6) is 0 Å². The second kappa shape index (κ2) is 3.01. The molecule has 1 unspecified atom stereocenters. The van der Waals surface area contributed by atoms with Gasteiger partial charge in [0.2, 0.25) is 0 Å². The van der Waals surface area contributed by atoms with Gasteiger partial charge in [-0.2, -0.15) is 0 Å².